The Labute approximate surface area is 217 Å². The zero-order valence-corrected chi connectivity index (χ0v) is 20.6. The van der Waals surface area contributed by atoms with Crippen molar-refractivity contribution in [2.45, 2.75) is 6.42 Å². The van der Waals surface area contributed by atoms with Crippen LogP contribution in [0, 0.1) is 5.92 Å². The van der Waals surface area contributed by atoms with E-state index in [1.165, 1.54) is 18.0 Å². The van der Waals surface area contributed by atoms with E-state index in [1.54, 1.807) is 71.4 Å². The molecule has 1 aliphatic heterocycles. The first-order valence-electron chi connectivity index (χ1n) is 11.3. The number of Topliss-reactive ketones (excluding diaryl/α,β-unsaturated/α-hetero) is 3. The number of hydrogen-bond acceptors (Lipinski definition) is 6. The van der Waals surface area contributed by atoms with Gasteiger partial charge in [-0.15, -0.1) is 11.8 Å². The van der Waals surface area contributed by atoms with Crippen molar-refractivity contribution >= 4 is 51.6 Å². The summed E-state index contributed by atoms with van der Waals surface area (Å²) in [7, 11) is 0. The van der Waals surface area contributed by atoms with Gasteiger partial charge in [0.05, 0.1) is 34.2 Å². The van der Waals surface area contributed by atoms with Gasteiger partial charge in [0.1, 0.15) is 0 Å². The number of hydrogen-bond donors (Lipinski definition) is 0. The lowest BCUT2D eigenvalue weighted by Crippen LogP contribution is -2.29. The lowest BCUT2D eigenvalue weighted by molar-refractivity contribution is 0.0888. The molecule has 178 valence electrons. The molecule has 0 bridgehead atoms. The smallest absolute Gasteiger partial charge is 0.178 e. The van der Waals surface area contributed by atoms with Gasteiger partial charge >= 0.3 is 0 Å². The average Bonchev–Trinajstić information content (AvgIpc) is 3.34. The van der Waals surface area contributed by atoms with Gasteiger partial charge in [-0.25, -0.2) is 9.67 Å². The summed E-state index contributed by atoms with van der Waals surface area (Å²) in [5, 5.41) is 5.32. The fraction of sp³-hybridized carbons (Fsp3) is 0.107. The van der Waals surface area contributed by atoms with Crippen molar-refractivity contribution in [3.05, 3.63) is 113 Å². The number of nitrogens with zero attached hydrogens (tertiary/aromatic N) is 3. The minimum atomic E-state index is -0.796. The van der Waals surface area contributed by atoms with Gasteiger partial charge < -0.3 is 0 Å². The highest BCUT2D eigenvalue weighted by molar-refractivity contribution is 8.14. The summed E-state index contributed by atoms with van der Waals surface area (Å²) in [6.07, 6.45) is 1.43. The summed E-state index contributed by atoms with van der Waals surface area (Å²) >= 11 is 7.34. The van der Waals surface area contributed by atoms with E-state index >= 15 is 0 Å². The minimum absolute atomic E-state index is 0.0456. The minimum Gasteiger partial charge on any atom is -0.294 e. The molecule has 1 atom stereocenters. The Hall–Kier alpha value is -3.81. The van der Waals surface area contributed by atoms with Gasteiger partial charge in [-0.3, -0.25) is 14.4 Å². The summed E-state index contributed by atoms with van der Waals surface area (Å²) in [5.74, 6) is -0.837. The summed E-state index contributed by atoms with van der Waals surface area (Å²) in [4.78, 5) is 44.2. The molecule has 8 heteroatoms. The molecule has 0 fully saturated rings. The number of carbonyl (C=O) groups is 3. The number of halogens is 1. The van der Waals surface area contributed by atoms with Crippen molar-refractivity contribution in [3.8, 4) is 5.69 Å². The van der Waals surface area contributed by atoms with Gasteiger partial charge in [0.25, 0.3) is 0 Å². The Kier molecular flexibility index (Phi) is 6.93. The zero-order valence-electron chi connectivity index (χ0n) is 19.0. The molecule has 1 aromatic heterocycles. The number of aromatic nitrogens is 2. The number of fused-ring (bicyclic) bond motifs is 1. The van der Waals surface area contributed by atoms with Gasteiger partial charge in [0, 0.05) is 22.6 Å². The predicted molar refractivity (Wildman–Crippen MR) is 142 cm³/mol. The van der Waals surface area contributed by atoms with Gasteiger partial charge in [0.2, 0.25) is 0 Å². The lowest BCUT2D eigenvalue weighted by Gasteiger charge is -2.21. The van der Waals surface area contributed by atoms with Crippen LogP contribution in [0.5, 0.6) is 0 Å². The van der Waals surface area contributed by atoms with E-state index in [0.717, 1.165) is 0 Å². The lowest BCUT2D eigenvalue weighted by atomic mass is 9.91. The molecule has 0 radical (unpaired) electrons. The van der Waals surface area contributed by atoms with Crippen LogP contribution in [0.3, 0.4) is 0 Å². The molecule has 4 aromatic rings. The van der Waals surface area contributed by atoms with Crippen molar-refractivity contribution in [2.75, 3.05) is 5.75 Å². The molecule has 0 spiro atoms. The van der Waals surface area contributed by atoms with Crippen molar-refractivity contribution in [1.29, 1.82) is 0 Å². The molecule has 1 unspecified atom stereocenters. The zero-order chi connectivity index (χ0) is 25.1. The molecule has 0 saturated carbocycles. The maximum atomic E-state index is 13.6. The first kappa shape index (κ1) is 23.9. The van der Waals surface area contributed by atoms with Gasteiger partial charge in [-0.2, -0.15) is 5.10 Å². The molecule has 0 amide bonds. The molecule has 2 heterocycles. The second-order valence-corrected chi connectivity index (χ2v) is 9.64. The number of rotatable bonds is 7. The van der Waals surface area contributed by atoms with Gasteiger partial charge in [-0.1, -0.05) is 78.3 Å². The second-order valence-electron chi connectivity index (χ2n) is 8.21. The SMILES string of the molecule is O=C(CSC1=Nc2c(cnn2-c2cccc(Cl)c2)C(=O)C1CC(=O)c1ccccc1)c1ccccc1. The Morgan fingerprint density at radius 3 is 2.22 bits per heavy atom. The summed E-state index contributed by atoms with van der Waals surface area (Å²) in [6, 6.07) is 24.9. The Morgan fingerprint density at radius 1 is 0.889 bits per heavy atom. The quantitative estimate of drug-likeness (QED) is 0.272. The van der Waals surface area contributed by atoms with Crippen LogP contribution < -0.4 is 0 Å². The van der Waals surface area contributed by atoms with Crippen LogP contribution in [0.15, 0.2) is 96.1 Å². The van der Waals surface area contributed by atoms with Crippen molar-refractivity contribution in [2.24, 2.45) is 10.9 Å². The van der Waals surface area contributed by atoms with Crippen molar-refractivity contribution < 1.29 is 14.4 Å². The number of benzene rings is 3. The van der Waals surface area contributed by atoms with E-state index < -0.39 is 5.92 Å². The number of ketones is 3. The second kappa shape index (κ2) is 10.4. The fourth-order valence-electron chi connectivity index (χ4n) is 3.99. The third kappa shape index (κ3) is 4.94. The summed E-state index contributed by atoms with van der Waals surface area (Å²) in [6.45, 7) is 0. The van der Waals surface area contributed by atoms with Gasteiger partial charge in [-0.05, 0) is 18.2 Å². The van der Waals surface area contributed by atoms with Gasteiger partial charge in [0.15, 0.2) is 23.2 Å². The molecule has 0 aliphatic carbocycles. The molecule has 36 heavy (non-hydrogen) atoms. The van der Waals surface area contributed by atoms with E-state index in [0.29, 0.717) is 38.3 Å². The Balaban J connectivity index is 1.49. The van der Waals surface area contributed by atoms with Crippen molar-refractivity contribution in [1.82, 2.24) is 9.78 Å². The molecule has 3 aromatic carbocycles. The molecule has 6 nitrogen and oxygen atoms in total. The van der Waals surface area contributed by atoms with E-state index in [-0.39, 0.29) is 29.5 Å². The average molecular weight is 514 g/mol. The van der Waals surface area contributed by atoms with E-state index in [9.17, 15) is 14.4 Å². The Morgan fingerprint density at radius 2 is 1.56 bits per heavy atom. The normalized spacial score (nSPS) is 14.8. The van der Waals surface area contributed by atoms with E-state index in [2.05, 4.69) is 5.10 Å². The highest BCUT2D eigenvalue weighted by Crippen LogP contribution is 2.36. The van der Waals surface area contributed by atoms with Crippen LogP contribution in [-0.2, 0) is 0 Å². The van der Waals surface area contributed by atoms with Crippen LogP contribution in [0.25, 0.3) is 5.69 Å². The first-order chi connectivity index (χ1) is 17.5. The third-order valence-corrected chi connectivity index (χ3v) is 7.14. The van der Waals surface area contributed by atoms with Crippen LogP contribution >= 0.6 is 23.4 Å². The first-order valence-corrected chi connectivity index (χ1v) is 12.6. The van der Waals surface area contributed by atoms with Crippen molar-refractivity contribution in [3.63, 3.8) is 0 Å². The molecule has 1 aliphatic rings. The summed E-state index contributed by atoms with van der Waals surface area (Å²) in [5.41, 5.74) is 2.09. The highest BCUT2D eigenvalue weighted by atomic mass is 35.5. The number of aliphatic imine (C=N–C) groups is 1. The van der Waals surface area contributed by atoms with Crippen LogP contribution in [0.4, 0.5) is 5.82 Å². The Bertz CT molecular complexity index is 1480. The van der Waals surface area contributed by atoms with E-state index in [1.807, 2.05) is 18.2 Å². The maximum absolute atomic E-state index is 13.6. The van der Waals surface area contributed by atoms with E-state index in [4.69, 9.17) is 16.6 Å². The van der Waals surface area contributed by atoms with Crippen LogP contribution in [0.2, 0.25) is 5.02 Å². The summed E-state index contributed by atoms with van der Waals surface area (Å²) < 4.78 is 1.55. The number of thioether (sulfide) groups is 1. The molecular weight excluding hydrogens is 494 g/mol. The third-order valence-electron chi connectivity index (χ3n) is 5.82. The monoisotopic (exact) mass is 513 g/mol. The molecule has 0 saturated heterocycles. The molecular formula is C28H20ClN3O3S. The fourth-order valence-corrected chi connectivity index (χ4v) is 5.16. The maximum Gasteiger partial charge on any atom is 0.178 e. The number of carbonyl (C=O) groups excluding carboxylic acids is 3. The largest absolute Gasteiger partial charge is 0.294 e. The molecule has 5 rings (SSSR count). The van der Waals surface area contributed by atoms with Crippen LogP contribution in [0.1, 0.15) is 37.5 Å². The highest BCUT2D eigenvalue weighted by Gasteiger charge is 2.36. The topological polar surface area (TPSA) is 81.4 Å². The van der Waals surface area contributed by atoms with Crippen LogP contribution in [-0.4, -0.2) is 37.9 Å². The predicted octanol–water partition coefficient (Wildman–Crippen LogP) is 6.26. The molecule has 0 N–H and O–H groups in total. The standard InChI is InChI=1S/C28H20ClN3O3S/c29-20-12-7-13-21(14-20)32-27-23(16-30-32)26(35)22(15-24(33)18-8-3-1-4-9-18)28(31-27)36-17-25(34)19-10-5-2-6-11-19/h1-14,16,22H,15,17H2.